The van der Waals surface area contributed by atoms with Crippen molar-refractivity contribution in [2.75, 3.05) is 19.6 Å². The summed E-state index contributed by atoms with van der Waals surface area (Å²) in [6.45, 7) is 2.96. The molecule has 5 rings (SSSR count). The van der Waals surface area contributed by atoms with Gasteiger partial charge in [0.1, 0.15) is 5.82 Å². The number of alkyl halides is 6. The summed E-state index contributed by atoms with van der Waals surface area (Å²) in [6.07, 6.45) is -4.84. The Morgan fingerprint density at radius 2 is 1.38 bits per heavy atom. The highest BCUT2D eigenvalue weighted by atomic mass is 19.4. The Morgan fingerprint density at radius 1 is 0.822 bits per heavy atom. The molecule has 3 aromatic carbocycles. The van der Waals surface area contributed by atoms with E-state index in [1.807, 2.05) is 42.5 Å². The molecule has 1 aliphatic carbocycles. The van der Waals surface area contributed by atoms with Gasteiger partial charge in [0.05, 0.1) is 11.1 Å². The van der Waals surface area contributed by atoms with E-state index in [-0.39, 0.29) is 30.5 Å². The Hall–Kier alpha value is -3.40. The van der Waals surface area contributed by atoms with Gasteiger partial charge in [-0.15, -0.1) is 0 Å². The lowest BCUT2D eigenvalue weighted by Crippen LogP contribution is -2.49. The molecule has 0 spiro atoms. The molecule has 2 aliphatic rings. The first-order valence-corrected chi connectivity index (χ1v) is 15.3. The van der Waals surface area contributed by atoms with Crippen LogP contribution in [0.15, 0.2) is 72.8 Å². The highest BCUT2D eigenvalue weighted by molar-refractivity contribution is 5.73. The third kappa shape index (κ3) is 7.88. The first-order chi connectivity index (χ1) is 21.2. The summed E-state index contributed by atoms with van der Waals surface area (Å²) in [7, 11) is 0. The van der Waals surface area contributed by atoms with Crippen LogP contribution in [0.1, 0.15) is 79.2 Å². The number of amides is 1. The Bertz CT molecular complexity index is 1410. The van der Waals surface area contributed by atoms with Gasteiger partial charge in [0, 0.05) is 31.5 Å². The zero-order valence-electron chi connectivity index (χ0n) is 25.1. The van der Waals surface area contributed by atoms with Gasteiger partial charge in [-0.05, 0) is 105 Å². The van der Waals surface area contributed by atoms with Crippen molar-refractivity contribution in [3.05, 3.63) is 106 Å². The molecule has 242 valence electrons. The van der Waals surface area contributed by atoms with E-state index in [4.69, 9.17) is 0 Å². The molecule has 0 bridgehead atoms. The molecule has 2 fully saturated rings. The predicted octanol–water partition coefficient (Wildman–Crippen LogP) is 8.97. The Balaban J connectivity index is 1.33. The van der Waals surface area contributed by atoms with Crippen molar-refractivity contribution in [2.45, 2.75) is 81.7 Å². The second kappa shape index (κ2) is 13.1. The van der Waals surface area contributed by atoms with Crippen LogP contribution in [0, 0.1) is 5.82 Å². The highest BCUT2D eigenvalue weighted by Crippen LogP contribution is 2.43. The van der Waals surface area contributed by atoms with E-state index < -0.39 is 34.8 Å². The Labute approximate surface area is 259 Å². The van der Waals surface area contributed by atoms with E-state index in [9.17, 15) is 35.5 Å². The summed E-state index contributed by atoms with van der Waals surface area (Å²) in [5, 5.41) is 0. The Kier molecular flexibility index (Phi) is 9.63. The smallest absolute Gasteiger partial charge is 0.338 e. The van der Waals surface area contributed by atoms with E-state index in [0.29, 0.717) is 24.1 Å². The standard InChI is InChI=1S/C35H37F7N2O/c1-24(45)44(22-25-19-29(34(37,38)39)21-30(20-25)35(40,41)42)23-33(28-5-3-2-4-6-28)15-11-32(12-16-33)43-17-13-27(14-18-43)26-7-9-31(36)10-8-26/h2-10,19-21,27,32H,11-18,22-23H2,1H3/t32-,33+. The summed E-state index contributed by atoms with van der Waals surface area (Å²) in [5.74, 6) is -0.280. The lowest BCUT2D eigenvalue weighted by atomic mass is 9.67. The Morgan fingerprint density at radius 3 is 1.89 bits per heavy atom. The summed E-state index contributed by atoms with van der Waals surface area (Å²) in [4.78, 5) is 16.8. The van der Waals surface area contributed by atoms with Crippen LogP contribution < -0.4 is 0 Å². The van der Waals surface area contributed by atoms with Crippen molar-refractivity contribution < 1.29 is 35.5 Å². The number of carbonyl (C=O) groups excluding carboxylic acids is 1. The third-order valence-corrected chi connectivity index (χ3v) is 9.65. The molecule has 1 saturated heterocycles. The molecule has 45 heavy (non-hydrogen) atoms. The molecule has 0 aromatic heterocycles. The topological polar surface area (TPSA) is 23.6 Å². The first-order valence-electron chi connectivity index (χ1n) is 15.3. The fourth-order valence-electron chi connectivity index (χ4n) is 7.16. The van der Waals surface area contributed by atoms with Gasteiger partial charge in [0.2, 0.25) is 5.91 Å². The summed E-state index contributed by atoms with van der Waals surface area (Å²) >= 11 is 0. The number of likely N-dealkylation sites (tertiary alicyclic amines) is 1. The van der Waals surface area contributed by atoms with E-state index in [1.165, 1.54) is 24.0 Å². The minimum atomic E-state index is -4.96. The molecule has 10 heteroatoms. The SMILES string of the molecule is CC(=O)N(Cc1cc(C(F)(F)F)cc(C(F)(F)F)c1)C[C@]1(c2ccccc2)CC[C@@H](N2CCC(c3ccc(F)cc3)CC2)CC1. The molecule has 0 atom stereocenters. The zero-order chi connectivity index (χ0) is 32.4. The van der Waals surface area contributed by atoms with Gasteiger partial charge in [-0.1, -0.05) is 42.5 Å². The minimum absolute atomic E-state index is 0.108. The third-order valence-electron chi connectivity index (χ3n) is 9.65. The molecule has 3 aromatic rings. The van der Waals surface area contributed by atoms with E-state index in [0.717, 1.165) is 62.7 Å². The van der Waals surface area contributed by atoms with Crippen LogP contribution in [0.3, 0.4) is 0 Å². The predicted molar refractivity (Wildman–Crippen MR) is 158 cm³/mol. The monoisotopic (exact) mass is 634 g/mol. The number of halogens is 7. The van der Waals surface area contributed by atoms with Crippen LogP contribution in [-0.2, 0) is 29.1 Å². The van der Waals surface area contributed by atoms with Crippen molar-refractivity contribution >= 4 is 5.91 Å². The lowest BCUT2D eigenvalue weighted by molar-refractivity contribution is -0.143. The van der Waals surface area contributed by atoms with Crippen LogP contribution in [0.2, 0.25) is 0 Å². The quantitative estimate of drug-likeness (QED) is 0.242. The van der Waals surface area contributed by atoms with Crippen LogP contribution in [-0.4, -0.2) is 41.4 Å². The van der Waals surface area contributed by atoms with Gasteiger partial charge in [-0.2, -0.15) is 26.3 Å². The van der Waals surface area contributed by atoms with Gasteiger partial charge in [-0.3, -0.25) is 4.79 Å². The fraction of sp³-hybridized carbons (Fsp3) is 0.457. The molecule has 0 unspecified atom stereocenters. The normalized spacial score (nSPS) is 21.9. The molecular weight excluding hydrogens is 597 g/mol. The number of hydrogen-bond donors (Lipinski definition) is 0. The molecule has 1 heterocycles. The maximum atomic E-state index is 13.5. The van der Waals surface area contributed by atoms with Crippen molar-refractivity contribution in [2.24, 2.45) is 0 Å². The van der Waals surface area contributed by atoms with Crippen LogP contribution in [0.25, 0.3) is 0 Å². The largest absolute Gasteiger partial charge is 0.416 e. The summed E-state index contributed by atoms with van der Waals surface area (Å²) < 4.78 is 94.6. The molecule has 1 aliphatic heterocycles. The van der Waals surface area contributed by atoms with Gasteiger partial charge < -0.3 is 9.80 Å². The minimum Gasteiger partial charge on any atom is -0.338 e. The molecule has 1 saturated carbocycles. The van der Waals surface area contributed by atoms with Crippen molar-refractivity contribution in [3.8, 4) is 0 Å². The molecule has 0 N–H and O–H groups in total. The van der Waals surface area contributed by atoms with E-state index in [1.54, 1.807) is 0 Å². The molecule has 3 nitrogen and oxygen atoms in total. The second-order valence-corrected chi connectivity index (χ2v) is 12.5. The highest BCUT2D eigenvalue weighted by Gasteiger charge is 2.42. The molecule has 1 amide bonds. The van der Waals surface area contributed by atoms with Gasteiger partial charge >= 0.3 is 12.4 Å². The number of rotatable bonds is 7. The maximum absolute atomic E-state index is 13.5. The average Bonchev–Trinajstić information content (AvgIpc) is 3.01. The van der Waals surface area contributed by atoms with E-state index in [2.05, 4.69) is 4.90 Å². The van der Waals surface area contributed by atoms with Gasteiger partial charge in [0.15, 0.2) is 0 Å². The number of benzene rings is 3. The zero-order valence-corrected chi connectivity index (χ0v) is 25.1. The van der Waals surface area contributed by atoms with Crippen LogP contribution in [0.4, 0.5) is 30.7 Å². The summed E-state index contributed by atoms with van der Waals surface area (Å²) in [6, 6.07) is 18.2. The van der Waals surface area contributed by atoms with Crippen molar-refractivity contribution in [1.29, 1.82) is 0 Å². The lowest BCUT2D eigenvalue weighted by Gasteiger charge is -2.47. The second-order valence-electron chi connectivity index (χ2n) is 12.5. The number of nitrogens with zero attached hydrogens (tertiary/aromatic N) is 2. The van der Waals surface area contributed by atoms with Crippen LogP contribution >= 0.6 is 0 Å². The average molecular weight is 635 g/mol. The van der Waals surface area contributed by atoms with Gasteiger partial charge in [0.25, 0.3) is 0 Å². The van der Waals surface area contributed by atoms with Crippen LogP contribution in [0.5, 0.6) is 0 Å². The van der Waals surface area contributed by atoms with Crippen molar-refractivity contribution in [1.82, 2.24) is 9.80 Å². The number of hydrogen-bond acceptors (Lipinski definition) is 2. The summed E-state index contributed by atoms with van der Waals surface area (Å²) in [5.41, 5.74) is -1.34. The first kappa shape index (κ1) is 33.0. The maximum Gasteiger partial charge on any atom is 0.416 e. The number of piperidine rings is 1. The molecule has 0 radical (unpaired) electrons. The van der Waals surface area contributed by atoms with E-state index >= 15 is 0 Å². The van der Waals surface area contributed by atoms with Gasteiger partial charge in [-0.25, -0.2) is 4.39 Å². The number of carbonyl (C=O) groups is 1. The fourth-order valence-corrected chi connectivity index (χ4v) is 7.16. The molecular formula is C35H37F7N2O. The van der Waals surface area contributed by atoms with Crippen molar-refractivity contribution in [3.63, 3.8) is 0 Å².